The monoisotopic (exact) mass is 257 g/mol. The number of rotatable bonds is 6. The second kappa shape index (κ2) is 4.78. The lowest BCUT2D eigenvalue weighted by molar-refractivity contribution is 0.395. The van der Waals surface area contributed by atoms with Gasteiger partial charge in [0.1, 0.15) is 4.90 Å². The lowest BCUT2D eigenvalue weighted by Crippen LogP contribution is -2.33. The number of aryl methyl sites for hydroxylation is 1. The molecule has 2 rings (SSSR count). The van der Waals surface area contributed by atoms with Gasteiger partial charge in [-0.2, -0.15) is 9.40 Å². The summed E-state index contributed by atoms with van der Waals surface area (Å²) in [5, 5.41) is 6.48. The molecule has 1 aliphatic rings. The zero-order valence-corrected chi connectivity index (χ0v) is 11.1. The van der Waals surface area contributed by atoms with Crippen molar-refractivity contribution in [3.63, 3.8) is 0 Å². The van der Waals surface area contributed by atoms with Crippen molar-refractivity contribution in [3.05, 3.63) is 11.9 Å². The standard InChI is InChI=1S/C11H19N3O2S/c1-3-6-14(8-10-4-5-10)17(15,16)11-7-12-13-9(11)2/h7,10H,3-6,8H2,1-2H3,(H,12,13). The largest absolute Gasteiger partial charge is 0.281 e. The van der Waals surface area contributed by atoms with Gasteiger partial charge in [-0.15, -0.1) is 0 Å². The van der Waals surface area contributed by atoms with E-state index < -0.39 is 10.0 Å². The third-order valence-electron chi connectivity index (χ3n) is 3.03. The van der Waals surface area contributed by atoms with Crippen LogP contribution in [0.1, 0.15) is 31.9 Å². The number of aromatic nitrogens is 2. The normalized spacial score (nSPS) is 16.6. The minimum atomic E-state index is -3.37. The number of nitrogens with one attached hydrogen (secondary N) is 1. The topological polar surface area (TPSA) is 66.1 Å². The van der Waals surface area contributed by atoms with Gasteiger partial charge in [0.25, 0.3) is 0 Å². The Morgan fingerprint density at radius 3 is 2.71 bits per heavy atom. The number of nitrogens with zero attached hydrogens (tertiary/aromatic N) is 2. The van der Waals surface area contributed by atoms with E-state index in [2.05, 4.69) is 10.2 Å². The predicted octanol–water partition coefficient (Wildman–Crippen LogP) is 1.53. The van der Waals surface area contributed by atoms with E-state index in [4.69, 9.17) is 0 Å². The van der Waals surface area contributed by atoms with E-state index in [1.54, 1.807) is 11.2 Å². The van der Waals surface area contributed by atoms with Crippen molar-refractivity contribution in [2.24, 2.45) is 5.92 Å². The van der Waals surface area contributed by atoms with Crippen LogP contribution in [0, 0.1) is 12.8 Å². The first-order chi connectivity index (χ1) is 8.05. The Hall–Kier alpha value is -0.880. The summed E-state index contributed by atoms with van der Waals surface area (Å²) >= 11 is 0. The third kappa shape index (κ3) is 2.69. The van der Waals surface area contributed by atoms with E-state index >= 15 is 0 Å². The summed E-state index contributed by atoms with van der Waals surface area (Å²) in [5.41, 5.74) is 0.613. The second-order valence-corrected chi connectivity index (χ2v) is 6.57. The van der Waals surface area contributed by atoms with Crippen molar-refractivity contribution in [1.29, 1.82) is 0 Å². The molecule has 0 unspecified atom stereocenters. The van der Waals surface area contributed by atoms with E-state index in [1.807, 2.05) is 6.92 Å². The van der Waals surface area contributed by atoms with Crippen molar-refractivity contribution in [2.75, 3.05) is 13.1 Å². The highest BCUT2D eigenvalue weighted by Gasteiger charge is 2.32. The summed E-state index contributed by atoms with van der Waals surface area (Å²) in [6.07, 6.45) is 4.54. The molecule has 1 fully saturated rings. The zero-order valence-electron chi connectivity index (χ0n) is 10.3. The van der Waals surface area contributed by atoms with Gasteiger partial charge in [-0.1, -0.05) is 6.92 Å². The quantitative estimate of drug-likeness (QED) is 0.840. The molecule has 0 aromatic carbocycles. The van der Waals surface area contributed by atoms with Gasteiger partial charge < -0.3 is 0 Å². The summed E-state index contributed by atoms with van der Waals surface area (Å²) in [5.74, 6) is 0.559. The van der Waals surface area contributed by atoms with Crippen LogP contribution in [-0.2, 0) is 10.0 Å². The first-order valence-corrected chi connectivity index (χ1v) is 7.49. The highest BCUT2D eigenvalue weighted by atomic mass is 32.2. The fourth-order valence-corrected chi connectivity index (χ4v) is 3.61. The molecule has 1 aromatic rings. The molecule has 1 aromatic heterocycles. The van der Waals surface area contributed by atoms with Crippen LogP contribution in [0.4, 0.5) is 0 Å². The maximum Gasteiger partial charge on any atom is 0.246 e. The van der Waals surface area contributed by atoms with Gasteiger partial charge in [-0.05, 0) is 32.1 Å². The lowest BCUT2D eigenvalue weighted by atomic mass is 10.4. The van der Waals surface area contributed by atoms with Gasteiger partial charge in [-0.25, -0.2) is 8.42 Å². The summed E-state index contributed by atoms with van der Waals surface area (Å²) in [7, 11) is -3.37. The average molecular weight is 257 g/mol. The molecule has 17 heavy (non-hydrogen) atoms. The number of H-pyrrole nitrogens is 1. The Kier molecular flexibility index (Phi) is 3.53. The van der Waals surface area contributed by atoms with Gasteiger partial charge in [0.15, 0.2) is 0 Å². The van der Waals surface area contributed by atoms with Gasteiger partial charge in [0, 0.05) is 13.1 Å². The Morgan fingerprint density at radius 2 is 2.24 bits per heavy atom. The first kappa shape index (κ1) is 12.6. The minimum absolute atomic E-state index is 0.312. The van der Waals surface area contributed by atoms with Crippen molar-refractivity contribution in [1.82, 2.24) is 14.5 Å². The number of aromatic amines is 1. The molecule has 5 nitrogen and oxygen atoms in total. The highest BCUT2D eigenvalue weighted by molar-refractivity contribution is 7.89. The molecular formula is C11H19N3O2S. The molecule has 96 valence electrons. The molecule has 1 aliphatic carbocycles. The first-order valence-electron chi connectivity index (χ1n) is 6.05. The van der Waals surface area contributed by atoms with Crippen molar-refractivity contribution in [2.45, 2.75) is 38.0 Å². The van der Waals surface area contributed by atoms with Crippen LogP contribution in [-0.4, -0.2) is 36.0 Å². The van der Waals surface area contributed by atoms with Crippen LogP contribution in [0.25, 0.3) is 0 Å². The smallest absolute Gasteiger partial charge is 0.246 e. The van der Waals surface area contributed by atoms with Crippen LogP contribution in [0.5, 0.6) is 0 Å². The van der Waals surface area contributed by atoms with Crippen LogP contribution in [0.3, 0.4) is 0 Å². The molecule has 0 radical (unpaired) electrons. The molecule has 1 N–H and O–H groups in total. The van der Waals surface area contributed by atoms with Gasteiger partial charge in [0.2, 0.25) is 10.0 Å². The van der Waals surface area contributed by atoms with Crippen molar-refractivity contribution >= 4 is 10.0 Å². The van der Waals surface area contributed by atoms with Crippen molar-refractivity contribution in [3.8, 4) is 0 Å². The van der Waals surface area contributed by atoms with E-state index in [-0.39, 0.29) is 0 Å². The molecule has 0 bridgehead atoms. The molecule has 0 atom stereocenters. The minimum Gasteiger partial charge on any atom is -0.281 e. The summed E-state index contributed by atoms with van der Waals surface area (Å²) < 4.78 is 26.5. The van der Waals surface area contributed by atoms with Gasteiger partial charge >= 0.3 is 0 Å². The zero-order chi connectivity index (χ0) is 12.5. The van der Waals surface area contributed by atoms with Crippen LogP contribution >= 0.6 is 0 Å². The van der Waals surface area contributed by atoms with Gasteiger partial charge in [0.05, 0.1) is 11.9 Å². The summed E-state index contributed by atoms with van der Waals surface area (Å²) in [6.45, 7) is 4.98. The Balaban J connectivity index is 2.23. The second-order valence-electron chi connectivity index (χ2n) is 4.67. The third-order valence-corrected chi connectivity index (χ3v) is 5.01. The van der Waals surface area contributed by atoms with Crippen LogP contribution < -0.4 is 0 Å². The molecule has 6 heteroatoms. The maximum atomic E-state index is 12.4. The Bertz CT molecular complexity index is 477. The summed E-state index contributed by atoms with van der Waals surface area (Å²) in [4.78, 5) is 0.312. The molecule has 0 amide bonds. The predicted molar refractivity (Wildman–Crippen MR) is 65.1 cm³/mol. The molecule has 1 saturated carbocycles. The van der Waals surface area contributed by atoms with E-state index in [0.29, 0.717) is 29.6 Å². The fourth-order valence-electron chi connectivity index (χ4n) is 1.89. The van der Waals surface area contributed by atoms with E-state index in [0.717, 1.165) is 19.3 Å². The molecule has 0 aliphatic heterocycles. The SMILES string of the molecule is CCCN(CC1CC1)S(=O)(=O)c1cn[nH]c1C. The number of hydrogen-bond acceptors (Lipinski definition) is 3. The van der Waals surface area contributed by atoms with Crippen LogP contribution in [0.2, 0.25) is 0 Å². The lowest BCUT2D eigenvalue weighted by Gasteiger charge is -2.20. The number of sulfonamides is 1. The Morgan fingerprint density at radius 1 is 1.53 bits per heavy atom. The van der Waals surface area contributed by atoms with Crippen molar-refractivity contribution < 1.29 is 8.42 Å². The van der Waals surface area contributed by atoms with Crippen LogP contribution in [0.15, 0.2) is 11.1 Å². The number of hydrogen-bond donors (Lipinski definition) is 1. The molecule has 0 spiro atoms. The van der Waals surface area contributed by atoms with E-state index in [9.17, 15) is 8.42 Å². The average Bonchev–Trinajstić information content (AvgIpc) is 2.98. The summed E-state index contributed by atoms with van der Waals surface area (Å²) in [6, 6.07) is 0. The molecular weight excluding hydrogens is 238 g/mol. The molecule has 1 heterocycles. The van der Waals surface area contributed by atoms with Gasteiger partial charge in [-0.3, -0.25) is 5.10 Å². The Labute approximate surface area is 102 Å². The maximum absolute atomic E-state index is 12.4. The highest BCUT2D eigenvalue weighted by Crippen LogP contribution is 2.31. The fraction of sp³-hybridized carbons (Fsp3) is 0.727. The molecule has 0 saturated heterocycles. The van der Waals surface area contributed by atoms with E-state index in [1.165, 1.54) is 6.20 Å².